The van der Waals surface area contributed by atoms with Crippen molar-refractivity contribution < 1.29 is 19.4 Å². The number of unbranched alkanes of at least 4 members (excludes halogenated alkanes) is 2. The molecular weight excluding hydrogens is 438 g/mol. The number of nitrogens with zero attached hydrogens (tertiary/aromatic N) is 3. The second kappa shape index (κ2) is 10.9. The number of benzene rings is 1. The molecule has 2 aromatic rings. The number of aliphatic hydroxyl groups is 1. The van der Waals surface area contributed by atoms with Crippen LogP contribution < -0.4 is 4.74 Å². The fraction of sp³-hybridized carbons (Fsp3) is 0.480. The average molecular weight is 472 g/mol. The van der Waals surface area contributed by atoms with E-state index in [0.717, 1.165) is 35.6 Å². The van der Waals surface area contributed by atoms with Gasteiger partial charge in [0.1, 0.15) is 5.75 Å². The number of aliphatic hydroxyl groups excluding tert-OH is 1. The van der Waals surface area contributed by atoms with Crippen molar-refractivity contribution in [2.24, 2.45) is 0 Å². The monoisotopic (exact) mass is 471 g/mol. The van der Waals surface area contributed by atoms with E-state index in [4.69, 9.17) is 4.74 Å². The Morgan fingerprint density at radius 2 is 1.91 bits per heavy atom. The van der Waals surface area contributed by atoms with E-state index in [9.17, 15) is 14.7 Å². The Balaban J connectivity index is 1.94. The zero-order valence-corrected chi connectivity index (χ0v) is 20.9. The van der Waals surface area contributed by atoms with Crippen molar-refractivity contribution in [3.05, 3.63) is 56.7 Å². The summed E-state index contributed by atoms with van der Waals surface area (Å²) in [6, 6.07) is 6.78. The maximum atomic E-state index is 13.5. The molecule has 1 amide bonds. The Labute approximate surface area is 199 Å². The summed E-state index contributed by atoms with van der Waals surface area (Å²) in [7, 11) is 3.84. The molecule has 0 fully saturated rings. The molecular formula is C25H33N3O4S. The van der Waals surface area contributed by atoms with Crippen molar-refractivity contribution in [2.45, 2.75) is 46.1 Å². The predicted octanol–water partition coefficient (Wildman–Crippen LogP) is 4.47. The molecule has 1 unspecified atom stereocenters. The zero-order valence-electron chi connectivity index (χ0n) is 20.1. The van der Waals surface area contributed by atoms with Crippen LogP contribution in [-0.2, 0) is 4.79 Å². The number of hydrogen-bond acceptors (Lipinski definition) is 7. The molecule has 0 spiro atoms. The van der Waals surface area contributed by atoms with Crippen LogP contribution in [0.15, 0.2) is 35.6 Å². The lowest BCUT2D eigenvalue weighted by atomic mass is 9.95. The molecule has 1 aromatic carbocycles. The number of aryl methyl sites for hydroxylation is 2. The number of Topliss-reactive ketones (excluding diaryl/α,β-unsaturated/α-hetero) is 1. The molecule has 0 radical (unpaired) electrons. The summed E-state index contributed by atoms with van der Waals surface area (Å²) < 4.78 is 5.81. The topological polar surface area (TPSA) is 83.0 Å². The van der Waals surface area contributed by atoms with Crippen LogP contribution in [0.4, 0.5) is 0 Å². The van der Waals surface area contributed by atoms with E-state index in [1.54, 1.807) is 11.8 Å². The normalized spacial score (nSPS) is 16.2. The standard InChI is InChI=1S/C25H33N3O4S/c1-6-7-8-15-32-19-11-9-18(10-12-19)21-20(22(29)24-16(2)26-17(3)33-24)23(30)25(31)28(21)14-13-27(4)5/h9-12,21,30H,6-8,13-15H2,1-5H3. The highest BCUT2D eigenvalue weighted by Crippen LogP contribution is 2.40. The molecule has 1 aromatic heterocycles. The molecule has 1 aliphatic rings. The Hall–Kier alpha value is -2.71. The number of rotatable bonds is 11. The Morgan fingerprint density at radius 1 is 1.21 bits per heavy atom. The van der Waals surface area contributed by atoms with Crippen molar-refractivity contribution in [1.82, 2.24) is 14.8 Å². The van der Waals surface area contributed by atoms with Crippen molar-refractivity contribution >= 4 is 23.0 Å². The van der Waals surface area contributed by atoms with Crippen molar-refractivity contribution in [3.8, 4) is 5.75 Å². The highest BCUT2D eigenvalue weighted by atomic mass is 32.1. The molecule has 3 rings (SSSR count). The first-order valence-corrected chi connectivity index (χ1v) is 12.2. The van der Waals surface area contributed by atoms with Gasteiger partial charge in [0, 0.05) is 13.1 Å². The van der Waals surface area contributed by atoms with E-state index in [1.165, 1.54) is 11.3 Å². The van der Waals surface area contributed by atoms with Gasteiger partial charge in [-0.05, 0) is 52.1 Å². The van der Waals surface area contributed by atoms with Crippen LogP contribution in [0.1, 0.15) is 58.2 Å². The highest BCUT2D eigenvalue weighted by Gasteiger charge is 2.44. The first kappa shape index (κ1) is 24.9. The third-order valence-electron chi connectivity index (χ3n) is 5.66. The molecule has 7 nitrogen and oxygen atoms in total. The van der Waals surface area contributed by atoms with Gasteiger partial charge in [-0.3, -0.25) is 9.59 Å². The zero-order chi connectivity index (χ0) is 24.1. The minimum atomic E-state index is -0.666. The molecule has 1 atom stereocenters. The first-order valence-electron chi connectivity index (χ1n) is 11.3. The van der Waals surface area contributed by atoms with E-state index in [2.05, 4.69) is 11.9 Å². The van der Waals surface area contributed by atoms with E-state index in [0.29, 0.717) is 30.3 Å². The molecule has 1 aliphatic heterocycles. The van der Waals surface area contributed by atoms with Crippen molar-refractivity contribution in [3.63, 3.8) is 0 Å². The Bertz CT molecular complexity index is 1030. The van der Waals surface area contributed by atoms with Crippen LogP contribution in [0.2, 0.25) is 0 Å². The molecule has 8 heteroatoms. The summed E-state index contributed by atoms with van der Waals surface area (Å²) in [5.74, 6) is -0.603. The lowest BCUT2D eigenvalue weighted by Crippen LogP contribution is -2.36. The smallest absolute Gasteiger partial charge is 0.290 e. The molecule has 2 heterocycles. The lowest BCUT2D eigenvalue weighted by molar-refractivity contribution is -0.129. The first-order chi connectivity index (χ1) is 15.7. The quantitative estimate of drug-likeness (QED) is 0.385. The number of likely N-dealkylation sites (N-methyl/N-ethyl adjacent to an activating group) is 1. The summed E-state index contributed by atoms with van der Waals surface area (Å²) in [6.45, 7) is 7.40. The van der Waals surface area contributed by atoms with Crippen LogP contribution in [0.5, 0.6) is 5.75 Å². The number of hydrogen-bond donors (Lipinski definition) is 1. The molecule has 33 heavy (non-hydrogen) atoms. The number of aromatic nitrogens is 1. The van der Waals surface area contributed by atoms with E-state index in [1.807, 2.05) is 50.2 Å². The van der Waals surface area contributed by atoms with Gasteiger partial charge in [-0.15, -0.1) is 11.3 Å². The van der Waals surface area contributed by atoms with Gasteiger partial charge in [0.05, 0.1) is 33.8 Å². The average Bonchev–Trinajstić information content (AvgIpc) is 3.25. The molecule has 0 saturated carbocycles. The van der Waals surface area contributed by atoms with Crippen molar-refractivity contribution in [2.75, 3.05) is 33.8 Å². The Morgan fingerprint density at radius 3 is 2.48 bits per heavy atom. The summed E-state index contributed by atoms with van der Waals surface area (Å²) in [5, 5.41) is 11.6. The van der Waals surface area contributed by atoms with Gasteiger partial charge in [0.25, 0.3) is 5.91 Å². The molecule has 0 saturated heterocycles. The van der Waals surface area contributed by atoms with Gasteiger partial charge < -0.3 is 19.6 Å². The van der Waals surface area contributed by atoms with Gasteiger partial charge in [0.2, 0.25) is 5.78 Å². The minimum absolute atomic E-state index is 0.113. The second-order valence-corrected chi connectivity index (χ2v) is 9.77. The fourth-order valence-electron chi connectivity index (χ4n) is 3.92. The van der Waals surface area contributed by atoms with Gasteiger partial charge >= 0.3 is 0 Å². The SMILES string of the molecule is CCCCCOc1ccc(C2C(C(=O)c3sc(C)nc3C)=C(O)C(=O)N2CCN(C)C)cc1. The lowest BCUT2D eigenvalue weighted by Gasteiger charge is -2.28. The predicted molar refractivity (Wildman–Crippen MR) is 130 cm³/mol. The summed E-state index contributed by atoms with van der Waals surface area (Å²) in [4.78, 5) is 34.9. The van der Waals surface area contributed by atoms with Crippen LogP contribution in [0, 0.1) is 13.8 Å². The number of carbonyl (C=O) groups is 2. The number of ketones is 1. The van der Waals surface area contributed by atoms with E-state index in [-0.39, 0.29) is 11.4 Å². The molecule has 0 bridgehead atoms. The number of thiazole rings is 1. The number of amides is 1. The van der Waals surface area contributed by atoms with E-state index < -0.39 is 17.7 Å². The maximum Gasteiger partial charge on any atom is 0.290 e. The van der Waals surface area contributed by atoms with Gasteiger partial charge in [0.15, 0.2) is 5.76 Å². The summed E-state index contributed by atoms with van der Waals surface area (Å²) in [5.41, 5.74) is 1.48. The highest BCUT2D eigenvalue weighted by molar-refractivity contribution is 7.14. The third kappa shape index (κ3) is 5.62. The maximum absolute atomic E-state index is 13.5. The van der Waals surface area contributed by atoms with Crippen LogP contribution >= 0.6 is 11.3 Å². The van der Waals surface area contributed by atoms with Gasteiger partial charge in [-0.1, -0.05) is 31.9 Å². The molecule has 1 N–H and O–H groups in total. The summed E-state index contributed by atoms with van der Waals surface area (Å²) >= 11 is 1.28. The summed E-state index contributed by atoms with van der Waals surface area (Å²) in [6.07, 6.45) is 3.25. The number of carbonyl (C=O) groups excluding carboxylic acids is 2. The van der Waals surface area contributed by atoms with Gasteiger partial charge in [-0.2, -0.15) is 0 Å². The van der Waals surface area contributed by atoms with Crippen LogP contribution in [-0.4, -0.2) is 65.4 Å². The minimum Gasteiger partial charge on any atom is -0.503 e. The third-order valence-corrected chi connectivity index (χ3v) is 6.73. The number of ether oxygens (including phenoxy) is 1. The second-order valence-electron chi connectivity index (χ2n) is 8.57. The molecule has 178 valence electrons. The van der Waals surface area contributed by atoms with Gasteiger partial charge in [-0.25, -0.2) is 4.98 Å². The Kier molecular flexibility index (Phi) is 8.26. The van der Waals surface area contributed by atoms with Crippen molar-refractivity contribution in [1.29, 1.82) is 0 Å². The van der Waals surface area contributed by atoms with Crippen LogP contribution in [0.25, 0.3) is 0 Å². The fourth-order valence-corrected chi connectivity index (χ4v) is 4.80. The largest absolute Gasteiger partial charge is 0.503 e. The van der Waals surface area contributed by atoms with E-state index >= 15 is 0 Å². The van der Waals surface area contributed by atoms with Crippen LogP contribution in [0.3, 0.4) is 0 Å². The molecule has 0 aliphatic carbocycles.